The van der Waals surface area contributed by atoms with Crippen LogP contribution in [0.15, 0.2) is 12.7 Å². The molecular weight excluding hydrogens is 561 g/mol. The van der Waals surface area contributed by atoms with Gasteiger partial charge < -0.3 is 24.5 Å². The molecule has 2 aromatic rings. The van der Waals surface area contributed by atoms with E-state index in [0.717, 1.165) is 57.8 Å². The quantitative estimate of drug-likeness (QED) is 0.132. The van der Waals surface area contributed by atoms with Gasteiger partial charge in [0.15, 0.2) is 11.5 Å². The zero-order chi connectivity index (χ0) is 30.8. The molecule has 0 aromatic carbocycles. The van der Waals surface area contributed by atoms with Gasteiger partial charge in [-0.05, 0) is 59.8 Å². The number of anilines is 1. The Morgan fingerprint density at radius 3 is 2.60 bits per heavy atom. The standard InChI is InChI=1S/C28H48N7O6P/c1-6-7-8-12-15-39-27(37)28(4,5)34-42(38,33-21(3)26(36)41-22-13-10-9-11-14-22)19-40-20(2)16-35-18-32-23-24(29)30-17-31-25(23)35/h17-18,20-22H,6-16,19H2,1-5H3,(H2,29,30,31)(H2,33,34,38)/t20-,21-,42?/m1/s1. The number of hydrogen-bond donors (Lipinski definition) is 3. The van der Waals surface area contributed by atoms with Gasteiger partial charge in [-0.2, -0.15) is 0 Å². The summed E-state index contributed by atoms with van der Waals surface area (Å²) in [6.07, 6.45) is 10.8. The van der Waals surface area contributed by atoms with Crippen molar-refractivity contribution >= 4 is 36.4 Å². The highest BCUT2D eigenvalue weighted by molar-refractivity contribution is 7.59. The van der Waals surface area contributed by atoms with E-state index in [4.69, 9.17) is 19.9 Å². The molecule has 1 aliphatic carbocycles. The summed E-state index contributed by atoms with van der Waals surface area (Å²) in [5.74, 6) is -0.747. The summed E-state index contributed by atoms with van der Waals surface area (Å²) in [6.45, 7) is 9.36. The molecule has 2 heterocycles. The van der Waals surface area contributed by atoms with Gasteiger partial charge in [0.1, 0.15) is 35.9 Å². The van der Waals surface area contributed by atoms with Crippen LogP contribution in [0.3, 0.4) is 0 Å². The summed E-state index contributed by atoms with van der Waals surface area (Å²) >= 11 is 0. The van der Waals surface area contributed by atoms with Crippen LogP contribution in [-0.4, -0.2) is 68.2 Å². The van der Waals surface area contributed by atoms with Gasteiger partial charge in [-0.15, -0.1) is 0 Å². The van der Waals surface area contributed by atoms with E-state index in [9.17, 15) is 14.2 Å². The minimum absolute atomic E-state index is 0.138. The molecule has 0 saturated heterocycles. The second kappa shape index (κ2) is 15.7. The fraction of sp³-hybridized carbons (Fsp3) is 0.750. The molecule has 1 fully saturated rings. The van der Waals surface area contributed by atoms with E-state index in [1.165, 1.54) is 6.33 Å². The van der Waals surface area contributed by atoms with Crippen molar-refractivity contribution in [3.05, 3.63) is 12.7 Å². The summed E-state index contributed by atoms with van der Waals surface area (Å²) < 4.78 is 33.3. The van der Waals surface area contributed by atoms with E-state index >= 15 is 0 Å². The van der Waals surface area contributed by atoms with E-state index in [1.807, 2.05) is 6.92 Å². The second-order valence-electron chi connectivity index (χ2n) is 11.7. The first kappa shape index (κ1) is 33.9. The van der Waals surface area contributed by atoms with Crippen LogP contribution in [0.2, 0.25) is 0 Å². The van der Waals surface area contributed by atoms with E-state index in [1.54, 1.807) is 31.7 Å². The fourth-order valence-electron chi connectivity index (χ4n) is 4.88. The van der Waals surface area contributed by atoms with Crippen LogP contribution in [-0.2, 0) is 34.9 Å². The number of carbonyl (C=O) groups excluding carboxylic acids is 2. The van der Waals surface area contributed by atoms with Gasteiger partial charge in [0.05, 0.1) is 25.6 Å². The highest BCUT2D eigenvalue weighted by Crippen LogP contribution is 2.40. The van der Waals surface area contributed by atoms with E-state index in [-0.39, 0.29) is 24.9 Å². The second-order valence-corrected chi connectivity index (χ2v) is 13.9. The number of rotatable bonds is 17. The molecule has 3 rings (SSSR count). The van der Waals surface area contributed by atoms with Crippen molar-refractivity contribution in [3.8, 4) is 0 Å². The molecule has 0 bridgehead atoms. The van der Waals surface area contributed by atoms with Crippen LogP contribution in [0.25, 0.3) is 11.2 Å². The fourth-order valence-corrected chi connectivity index (χ4v) is 7.28. The third kappa shape index (κ3) is 10.00. The third-order valence-electron chi connectivity index (χ3n) is 7.22. The number of carbonyl (C=O) groups is 2. The smallest absolute Gasteiger partial charge is 0.326 e. The lowest BCUT2D eigenvalue weighted by molar-refractivity contribution is -0.152. The SMILES string of the molecule is CCCCCCOC(=O)C(C)(C)NP(=O)(CO[C@H](C)Cn1cnc2c(N)ncnc21)N[C@H](C)C(=O)OC1CCCCC1. The number of nitrogens with two attached hydrogens (primary N) is 1. The maximum Gasteiger partial charge on any atom is 0.326 e. The molecule has 4 N–H and O–H groups in total. The Labute approximate surface area is 248 Å². The number of imidazole rings is 1. The van der Waals surface area contributed by atoms with Crippen LogP contribution in [0, 0.1) is 0 Å². The van der Waals surface area contributed by atoms with Gasteiger partial charge in [-0.25, -0.2) is 25.1 Å². The molecule has 0 aliphatic heterocycles. The van der Waals surface area contributed by atoms with Crippen LogP contribution in [0.5, 0.6) is 0 Å². The molecule has 0 radical (unpaired) electrons. The Bertz CT molecular complexity index is 1220. The van der Waals surface area contributed by atoms with Gasteiger partial charge >= 0.3 is 11.9 Å². The molecule has 1 aliphatic rings. The number of aromatic nitrogens is 4. The number of nitrogen functional groups attached to an aromatic ring is 1. The minimum atomic E-state index is -3.70. The van der Waals surface area contributed by atoms with Crippen molar-refractivity contribution in [2.24, 2.45) is 0 Å². The van der Waals surface area contributed by atoms with E-state index < -0.39 is 37.1 Å². The van der Waals surface area contributed by atoms with Crippen LogP contribution >= 0.6 is 7.44 Å². The van der Waals surface area contributed by atoms with Crippen molar-refractivity contribution in [2.45, 2.75) is 123 Å². The lowest BCUT2D eigenvalue weighted by Crippen LogP contribution is -2.50. The first-order valence-corrected chi connectivity index (χ1v) is 16.9. The third-order valence-corrected chi connectivity index (χ3v) is 9.45. The number of nitrogens with one attached hydrogen (secondary N) is 2. The van der Waals surface area contributed by atoms with Crippen molar-refractivity contribution < 1.29 is 28.4 Å². The molecule has 1 unspecified atom stereocenters. The van der Waals surface area contributed by atoms with Gasteiger partial charge in [-0.3, -0.25) is 14.2 Å². The maximum atomic E-state index is 14.3. The van der Waals surface area contributed by atoms with Crippen molar-refractivity contribution in [2.75, 3.05) is 18.7 Å². The van der Waals surface area contributed by atoms with Crippen LogP contribution < -0.4 is 15.9 Å². The maximum absolute atomic E-state index is 14.3. The number of nitrogens with zero attached hydrogens (tertiary/aromatic N) is 4. The van der Waals surface area contributed by atoms with E-state index in [2.05, 4.69) is 32.1 Å². The molecule has 0 amide bonds. The average molecular weight is 610 g/mol. The first-order chi connectivity index (χ1) is 19.9. The number of fused-ring (bicyclic) bond motifs is 1. The summed E-state index contributed by atoms with van der Waals surface area (Å²) in [4.78, 5) is 38.4. The summed E-state index contributed by atoms with van der Waals surface area (Å²) in [6, 6.07) is -0.901. The zero-order valence-electron chi connectivity index (χ0n) is 25.6. The minimum Gasteiger partial charge on any atom is -0.464 e. The predicted octanol–water partition coefficient (Wildman–Crippen LogP) is 4.31. The lowest BCUT2D eigenvalue weighted by Gasteiger charge is -2.33. The molecule has 236 valence electrons. The molecule has 42 heavy (non-hydrogen) atoms. The van der Waals surface area contributed by atoms with Crippen molar-refractivity contribution in [1.29, 1.82) is 0 Å². The van der Waals surface area contributed by atoms with Crippen LogP contribution in [0.4, 0.5) is 5.82 Å². The highest BCUT2D eigenvalue weighted by Gasteiger charge is 2.39. The topological polar surface area (TPSA) is 173 Å². The number of esters is 2. The first-order valence-electron chi connectivity index (χ1n) is 15.0. The predicted molar refractivity (Wildman–Crippen MR) is 161 cm³/mol. The molecule has 1 saturated carbocycles. The largest absolute Gasteiger partial charge is 0.464 e. The monoisotopic (exact) mass is 609 g/mol. The van der Waals surface area contributed by atoms with Gasteiger partial charge in [0.2, 0.25) is 7.44 Å². The Morgan fingerprint density at radius 2 is 1.88 bits per heavy atom. The molecule has 0 spiro atoms. The number of unbranched alkanes of at least 4 members (excludes halogenated alkanes) is 3. The number of ether oxygens (including phenoxy) is 3. The zero-order valence-corrected chi connectivity index (χ0v) is 26.5. The summed E-state index contributed by atoms with van der Waals surface area (Å²) in [5, 5.41) is 5.85. The van der Waals surface area contributed by atoms with Gasteiger partial charge in [-0.1, -0.05) is 32.6 Å². The van der Waals surface area contributed by atoms with Crippen LogP contribution in [0.1, 0.15) is 92.4 Å². The normalized spacial score (nSPS) is 17.5. The Hall–Kier alpha value is -2.60. The Balaban J connectivity index is 1.68. The van der Waals surface area contributed by atoms with Crippen molar-refractivity contribution in [3.63, 3.8) is 0 Å². The number of hydrogen-bond acceptors (Lipinski definition) is 10. The van der Waals surface area contributed by atoms with Gasteiger partial charge in [0, 0.05) is 0 Å². The lowest BCUT2D eigenvalue weighted by atomic mass is 9.98. The van der Waals surface area contributed by atoms with E-state index in [0.29, 0.717) is 17.7 Å². The summed E-state index contributed by atoms with van der Waals surface area (Å²) in [7, 11) is -3.70. The molecule has 14 heteroatoms. The van der Waals surface area contributed by atoms with Gasteiger partial charge in [0.25, 0.3) is 0 Å². The Morgan fingerprint density at radius 1 is 1.14 bits per heavy atom. The molecule has 13 nitrogen and oxygen atoms in total. The molecule has 3 atom stereocenters. The van der Waals surface area contributed by atoms with Crippen molar-refractivity contribution in [1.82, 2.24) is 29.7 Å². The Kier molecular flexibility index (Phi) is 12.7. The summed E-state index contributed by atoms with van der Waals surface area (Å²) in [5.41, 5.74) is 5.62. The average Bonchev–Trinajstić information content (AvgIpc) is 3.35. The highest BCUT2D eigenvalue weighted by atomic mass is 31.2. The molecule has 2 aromatic heterocycles. The molecular formula is C28H48N7O6P.